The molecule has 78 valence electrons. The molecule has 1 unspecified atom stereocenters. The summed E-state index contributed by atoms with van der Waals surface area (Å²) in [7, 11) is 1.65. The first-order valence-corrected chi connectivity index (χ1v) is 5.06. The molecule has 0 aromatic heterocycles. The third-order valence-electron chi connectivity index (χ3n) is 1.98. The molecule has 0 saturated carbocycles. The Morgan fingerprint density at radius 1 is 1.38 bits per heavy atom. The van der Waals surface area contributed by atoms with E-state index in [1.807, 2.05) is 6.08 Å². The SMILES string of the molecule is C=CCC(CCCCC)OCOC. The minimum atomic E-state index is 0.295. The normalized spacial score (nSPS) is 12.8. The van der Waals surface area contributed by atoms with E-state index in [0.29, 0.717) is 12.9 Å². The van der Waals surface area contributed by atoms with Gasteiger partial charge in [0.15, 0.2) is 0 Å². The van der Waals surface area contributed by atoms with Gasteiger partial charge in [0.1, 0.15) is 6.79 Å². The monoisotopic (exact) mass is 186 g/mol. The first-order chi connectivity index (χ1) is 6.35. The molecule has 0 radical (unpaired) electrons. The Balaban J connectivity index is 3.47. The number of hydrogen-bond donors (Lipinski definition) is 0. The molecule has 2 nitrogen and oxygen atoms in total. The Morgan fingerprint density at radius 3 is 2.69 bits per heavy atom. The Labute approximate surface area is 81.9 Å². The smallest absolute Gasteiger partial charge is 0.146 e. The first kappa shape index (κ1) is 12.7. The summed E-state index contributed by atoms with van der Waals surface area (Å²) >= 11 is 0. The summed E-state index contributed by atoms with van der Waals surface area (Å²) in [6.45, 7) is 6.32. The van der Waals surface area contributed by atoms with Crippen molar-refractivity contribution in [3.05, 3.63) is 12.7 Å². The lowest BCUT2D eigenvalue weighted by Gasteiger charge is -2.15. The minimum Gasteiger partial charge on any atom is -0.359 e. The fourth-order valence-electron chi connectivity index (χ4n) is 1.24. The third kappa shape index (κ3) is 8.00. The standard InChI is InChI=1S/C11H22O2/c1-4-6-7-9-11(8-5-2)13-10-12-3/h5,11H,2,4,6-10H2,1,3H3. The zero-order chi connectivity index (χ0) is 9.94. The number of rotatable bonds is 9. The van der Waals surface area contributed by atoms with Crippen LogP contribution in [0.1, 0.15) is 39.0 Å². The molecule has 0 N–H and O–H groups in total. The molecule has 0 amide bonds. The van der Waals surface area contributed by atoms with Gasteiger partial charge in [-0.05, 0) is 12.8 Å². The number of methoxy groups -OCH3 is 1. The molecular formula is C11H22O2. The molecule has 0 heterocycles. The Bertz CT molecular complexity index is 113. The molecule has 1 atom stereocenters. The maximum atomic E-state index is 5.48. The second-order valence-electron chi connectivity index (χ2n) is 3.22. The lowest BCUT2D eigenvalue weighted by Crippen LogP contribution is -2.13. The maximum absolute atomic E-state index is 5.48. The minimum absolute atomic E-state index is 0.295. The van der Waals surface area contributed by atoms with Crippen LogP contribution in [0.2, 0.25) is 0 Å². The van der Waals surface area contributed by atoms with E-state index in [1.54, 1.807) is 7.11 Å². The van der Waals surface area contributed by atoms with Gasteiger partial charge in [-0.1, -0.05) is 32.3 Å². The van der Waals surface area contributed by atoms with Crippen molar-refractivity contribution in [2.24, 2.45) is 0 Å². The van der Waals surface area contributed by atoms with Crippen LogP contribution in [0.15, 0.2) is 12.7 Å². The van der Waals surface area contributed by atoms with Crippen molar-refractivity contribution in [2.75, 3.05) is 13.9 Å². The van der Waals surface area contributed by atoms with Gasteiger partial charge in [0.05, 0.1) is 6.10 Å². The summed E-state index contributed by atoms with van der Waals surface area (Å²) < 4.78 is 10.4. The number of ether oxygens (including phenoxy) is 2. The summed E-state index contributed by atoms with van der Waals surface area (Å²) in [5.41, 5.74) is 0. The second kappa shape index (κ2) is 9.75. The lowest BCUT2D eigenvalue weighted by molar-refractivity contribution is -0.0732. The summed E-state index contributed by atoms with van der Waals surface area (Å²) in [6, 6.07) is 0. The van der Waals surface area contributed by atoms with Gasteiger partial charge in [0.2, 0.25) is 0 Å². The second-order valence-corrected chi connectivity index (χ2v) is 3.22. The maximum Gasteiger partial charge on any atom is 0.146 e. The van der Waals surface area contributed by atoms with Crippen molar-refractivity contribution in [3.8, 4) is 0 Å². The fourth-order valence-corrected chi connectivity index (χ4v) is 1.24. The van der Waals surface area contributed by atoms with Crippen LogP contribution in [0.25, 0.3) is 0 Å². The highest BCUT2D eigenvalue weighted by Crippen LogP contribution is 2.10. The van der Waals surface area contributed by atoms with Crippen molar-refractivity contribution in [1.29, 1.82) is 0 Å². The average Bonchev–Trinajstić information content (AvgIpc) is 2.14. The van der Waals surface area contributed by atoms with E-state index in [4.69, 9.17) is 9.47 Å². The average molecular weight is 186 g/mol. The summed E-state index contributed by atoms with van der Waals surface area (Å²) in [5.74, 6) is 0. The van der Waals surface area contributed by atoms with Crippen molar-refractivity contribution in [2.45, 2.75) is 45.1 Å². The third-order valence-corrected chi connectivity index (χ3v) is 1.98. The predicted molar refractivity (Wildman–Crippen MR) is 55.7 cm³/mol. The van der Waals surface area contributed by atoms with Crippen LogP contribution >= 0.6 is 0 Å². The van der Waals surface area contributed by atoms with E-state index in [2.05, 4.69) is 13.5 Å². The van der Waals surface area contributed by atoms with E-state index < -0.39 is 0 Å². The highest BCUT2D eigenvalue weighted by molar-refractivity contribution is 4.73. The van der Waals surface area contributed by atoms with Gasteiger partial charge in [0, 0.05) is 7.11 Å². The zero-order valence-corrected chi connectivity index (χ0v) is 8.92. The molecular weight excluding hydrogens is 164 g/mol. The van der Waals surface area contributed by atoms with E-state index in [1.165, 1.54) is 19.3 Å². The molecule has 0 aromatic rings. The topological polar surface area (TPSA) is 18.5 Å². The molecule has 2 heteroatoms. The Morgan fingerprint density at radius 2 is 2.15 bits per heavy atom. The molecule has 0 bridgehead atoms. The highest BCUT2D eigenvalue weighted by Gasteiger charge is 2.05. The summed E-state index contributed by atoms with van der Waals surface area (Å²) in [5, 5.41) is 0. The molecule has 0 aliphatic carbocycles. The van der Waals surface area contributed by atoms with Crippen LogP contribution in [0.4, 0.5) is 0 Å². The largest absolute Gasteiger partial charge is 0.359 e. The van der Waals surface area contributed by atoms with Gasteiger partial charge in [-0.25, -0.2) is 0 Å². The zero-order valence-electron chi connectivity index (χ0n) is 8.92. The van der Waals surface area contributed by atoms with Crippen molar-refractivity contribution in [3.63, 3.8) is 0 Å². The van der Waals surface area contributed by atoms with E-state index in [-0.39, 0.29) is 0 Å². The van der Waals surface area contributed by atoms with Crippen LogP contribution < -0.4 is 0 Å². The van der Waals surface area contributed by atoms with Crippen LogP contribution in [0, 0.1) is 0 Å². The molecule has 0 aliphatic heterocycles. The van der Waals surface area contributed by atoms with Crippen LogP contribution in [0.5, 0.6) is 0 Å². The van der Waals surface area contributed by atoms with E-state index in [9.17, 15) is 0 Å². The molecule has 0 rings (SSSR count). The molecule has 0 aromatic carbocycles. The molecule has 0 fully saturated rings. The van der Waals surface area contributed by atoms with Crippen LogP contribution in [0.3, 0.4) is 0 Å². The van der Waals surface area contributed by atoms with Gasteiger partial charge in [-0.2, -0.15) is 0 Å². The quantitative estimate of drug-likeness (QED) is 0.313. The molecule has 0 aliphatic rings. The molecule has 0 spiro atoms. The Hall–Kier alpha value is -0.340. The van der Waals surface area contributed by atoms with E-state index in [0.717, 1.165) is 12.8 Å². The summed E-state index contributed by atoms with van der Waals surface area (Å²) in [6.07, 6.45) is 8.01. The van der Waals surface area contributed by atoms with Crippen molar-refractivity contribution >= 4 is 0 Å². The van der Waals surface area contributed by atoms with Gasteiger partial charge in [-0.3, -0.25) is 0 Å². The summed E-state index contributed by atoms with van der Waals surface area (Å²) in [4.78, 5) is 0. The van der Waals surface area contributed by atoms with Gasteiger partial charge in [0.25, 0.3) is 0 Å². The first-order valence-electron chi connectivity index (χ1n) is 5.06. The predicted octanol–water partition coefficient (Wildman–Crippen LogP) is 3.13. The Kier molecular flexibility index (Phi) is 9.49. The lowest BCUT2D eigenvalue weighted by atomic mass is 10.1. The molecule has 0 saturated heterocycles. The van der Waals surface area contributed by atoms with Crippen molar-refractivity contribution < 1.29 is 9.47 Å². The highest BCUT2D eigenvalue weighted by atomic mass is 16.7. The van der Waals surface area contributed by atoms with Crippen LogP contribution in [-0.2, 0) is 9.47 Å². The fraction of sp³-hybridized carbons (Fsp3) is 0.818. The van der Waals surface area contributed by atoms with Crippen molar-refractivity contribution in [1.82, 2.24) is 0 Å². The number of hydrogen-bond acceptors (Lipinski definition) is 2. The molecule has 13 heavy (non-hydrogen) atoms. The van der Waals surface area contributed by atoms with Gasteiger partial charge >= 0.3 is 0 Å². The van der Waals surface area contributed by atoms with Gasteiger partial charge < -0.3 is 9.47 Å². The van der Waals surface area contributed by atoms with Gasteiger partial charge in [-0.15, -0.1) is 6.58 Å². The van der Waals surface area contributed by atoms with Crippen LogP contribution in [-0.4, -0.2) is 20.0 Å². The van der Waals surface area contributed by atoms with E-state index >= 15 is 0 Å². The number of unbranched alkanes of at least 4 members (excludes halogenated alkanes) is 2.